The first-order chi connectivity index (χ1) is 9.41. The number of hydrogen-bond acceptors (Lipinski definition) is 4. The topological polar surface area (TPSA) is 63.7 Å². The average molecular weight is 297 g/mol. The van der Waals surface area contributed by atoms with Crippen LogP contribution in [-0.2, 0) is 9.84 Å². The number of rotatable bonds is 4. The maximum Gasteiger partial charge on any atom is 0.254 e. The number of ether oxygens (including phenoxy) is 1. The Morgan fingerprint density at radius 1 is 1.45 bits per heavy atom. The molecule has 1 heterocycles. The van der Waals surface area contributed by atoms with E-state index in [4.69, 9.17) is 4.74 Å². The van der Waals surface area contributed by atoms with E-state index in [0.717, 1.165) is 0 Å². The molecule has 5 nitrogen and oxygen atoms in total. The van der Waals surface area contributed by atoms with Gasteiger partial charge in [0.2, 0.25) is 0 Å². The summed E-state index contributed by atoms with van der Waals surface area (Å²) < 4.78 is 28.4. The third-order valence-electron chi connectivity index (χ3n) is 3.43. The van der Waals surface area contributed by atoms with Crippen LogP contribution in [0, 0.1) is 0 Å². The van der Waals surface area contributed by atoms with Crippen LogP contribution >= 0.6 is 0 Å². The molecule has 0 aliphatic carbocycles. The number of nitrogens with zero attached hydrogens (tertiary/aromatic N) is 1. The molecule has 110 valence electrons. The predicted molar refractivity (Wildman–Crippen MR) is 76.8 cm³/mol. The summed E-state index contributed by atoms with van der Waals surface area (Å²) in [6.07, 6.45) is 1.73. The molecule has 1 fully saturated rings. The molecular weight excluding hydrogens is 278 g/mol. The minimum atomic E-state index is -3.09. The standard InChI is InChI=1S/C14H19NO4S/c1-3-19-12-6-4-5-11(9-12)14(16)15-8-7-13(10-15)20(2,17)18/h4-6,9,13H,3,7-8,10H2,1-2H3. The lowest BCUT2D eigenvalue weighted by molar-refractivity contribution is 0.0792. The minimum Gasteiger partial charge on any atom is -0.494 e. The molecule has 0 bridgehead atoms. The molecule has 1 unspecified atom stereocenters. The highest BCUT2D eigenvalue weighted by atomic mass is 32.2. The molecule has 20 heavy (non-hydrogen) atoms. The second kappa shape index (κ2) is 5.83. The Bertz CT molecular complexity index is 597. The van der Waals surface area contributed by atoms with E-state index in [1.54, 1.807) is 29.2 Å². The maximum atomic E-state index is 12.4. The summed E-state index contributed by atoms with van der Waals surface area (Å²) in [4.78, 5) is 13.9. The van der Waals surface area contributed by atoms with E-state index >= 15 is 0 Å². The number of likely N-dealkylation sites (tertiary alicyclic amines) is 1. The Kier molecular flexibility index (Phi) is 4.32. The molecule has 0 N–H and O–H groups in total. The highest BCUT2D eigenvalue weighted by Crippen LogP contribution is 2.20. The van der Waals surface area contributed by atoms with Gasteiger partial charge in [0.15, 0.2) is 9.84 Å². The molecule has 1 aliphatic rings. The molecule has 1 amide bonds. The maximum absolute atomic E-state index is 12.4. The van der Waals surface area contributed by atoms with Crippen LogP contribution in [0.3, 0.4) is 0 Å². The second-order valence-electron chi connectivity index (χ2n) is 4.95. The van der Waals surface area contributed by atoms with Crippen LogP contribution in [0.4, 0.5) is 0 Å². The average Bonchev–Trinajstić information content (AvgIpc) is 2.88. The predicted octanol–water partition coefficient (Wildman–Crippen LogP) is 1.34. The third-order valence-corrected chi connectivity index (χ3v) is 5.03. The first kappa shape index (κ1) is 14.8. The van der Waals surface area contributed by atoms with Crippen molar-refractivity contribution in [3.05, 3.63) is 29.8 Å². The summed E-state index contributed by atoms with van der Waals surface area (Å²) in [5.74, 6) is 0.509. The van der Waals surface area contributed by atoms with Crippen LogP contribution in [0.1, 0.15) is 23.7 Å². The number of hydrogen-bond donors (Lipinski definition) is 0. The van der Waals surface area contributed by atoms with Crippen molar-refractivity contribution in [3.8, 4) is 5.75 Å². The highest BCUT2D eigenvalue weighted by molar-refractivity contribution is 7.91. The van der Waals surface area contributed by atoms with Gasteiger partial charge in [0.1, 0.15) is 5.75 Å². The Balaban J connectivity index is 2.11. The fourth-order valence-corrected chi connectivity index (χ4v) is 3.31. The van der Waals surface area contributed by atoms with E-state index in [9.17, 15) is 13.2 Å². The van der Waals surface area contributed by atoms with E-state index in [0.29, 0.717) is 30.9 Å². The summed E-state index contributed by atoms with van der Waals surface area (Å²) in [7, 11) is -3.09. The van der Waals surface area contributed by atoms with Gasteiger partial charge in [0, 0.05) is 24.9 Å². The minimum absolute atomic E-state index is 0.141. The van der Waals surface area contributed by atoms with Crippen molar-refractivity contribution in [1.82, 2.24) is 4.90 Å². The first-order valence-corrected chi connectivity index (χ1v) is 8.58. The molecule has 0 spiro atoms. The van der Waals surface area contributed by atoms with Gasteiger partial charge >= 0.3 is 0 Å². The van der Waals surface area contributed by atoms with Crippen molar-refractivity contribution in [3.63, 3.8) is 0 Å². The van der Waals surface area contributed by atoms with Crippen LogP contribution in [0.25, 0.3) is 0 Å². The van der Waals surface area contributed by atoms with Gasteiger partial charge < -0.3 is 9.64 Å². The molecule has 0 aromatic heterocycles. The zero-order valence-corrected chi connectivity index (χ0v) is 12.5. The quantitative estimate of drug-likeness (QED) is 0.841. The third kappa shape index (κ3) is 3.30. The van der Waals surface area contributed by atoms with Gasteiger partial charge in [-0.25, -0.2) is 8.42 Å². The largest absolute Gasteiger partial charge is 0.494 e. The molecule has 1 atom stereocenters. The van der Waals surface area contributed by atoms with Crippen LogP contribution in [0.15, 0.2) is 24.3 Å². The van der Waals surface area contributed by atoms with Crippen molar-refractivity contribution in [2.24, 2.45) is 0 Å². The van der Waals surface area contributed by atoms with Gasteiger partial charge in [-0.15, -0.1) is 0 Å². The summed E-state index contributed by atoms with van der Waals surface area (Å²) in [6.45, 7) is 3.18. The molecule has 1 saturated heterocycles. The Morgan fingerprint density at radius 2 is 2.20 bits per heavy atom. The molecular formula is C14H19NO4S. The number of benzene rings is 1. The lowest BCUT2D eigenvalue weighted by atomic mass is 10.2. The summed E-state index contributed by atoms with van der Waals surface area (Å²) >= 11 is 0. The first-order valence-electron chi connectivity index (χ1n) is 6.63. The van der Waals surface area contributed by atoms with Crippen molar-refractivity contribution in [1.29, 1.82) is 0 Å². The van der Waals surface area contributed by atoms with Crippen molar-refractivity contribution >= 4 is 15.7 Å². The van der Waals surface area contributed by atoms with Gasteiger partial charge in [0.25, 0.3) is 5.91 Å². The number of sulfone groups is 1. The van der Waals surface area contributed by atoms with Crippen molar-refractivity contribution in [2.45, 2.75) is 18.6 Å². The molecule has 1 aromatic rings. The summed E-state index contributed by atoms with van der Waals surface area (Å²) in [5.41, 5.74) is 0.533. The van der Waals surface area contributed by atoms with Crippen LogP contribution in [-0.4, -0.2) is 50.4 Å². The fraction of sp³-hybridized carbons (Fsp3) is 0.500. The van der Waals surface area contributed by atoms with Gasteiger partial charge in [-0.1, -0.05) is 6.07 Å². The SMILES string of the molecule is CCOc1cccc(C(=O)N2CCC(S(C)(=O)=O)C2)c1. The molecule has 1 aliphatic heterocycles. The highest BCUT2D eigenvalue weighted by Gasteiger charge is 2.32. The number of amides is 1. The molecule has 0 saturated carbocycles. The van der Waals surface area contributed by atoms with Crippen LogP contribution in [0.5, 0.6) is 5.75 Å². The number of carbonyl (C=O) groups excluding carboxylic acids is 1. The van der Waals surface area contributed by atoms with E-state index in [1.165, 1.54) is 6.26 Å². The zero-order valence-electron chi connectivity index (χ0n) is 11.7. The normalized spacial score (nSPS) is 19.1. The fourth-order valence-electron chi connectivity index (χ4n) is 2.33. The summed E-state index contributed by atoms with van der Waals surface area (Å²) in [6, 6.07) is 6.98. The lowest BCUT2D eigenvalue weighted by Crippen LogP contribution is -2.31. The van der Waals surface area contributed by atoms with E-state index < -0.39 is 15.1 Å². The Morgan fingerprint density at radius 3 is 2.80 bits per heavy atom. The van der Waals surface area contributed by atoms with Crippen LogP contribution < -0.4 is 4.74 Å². The Labute approximate surface area is 119 Å². The van der Waals surface area contributed by atoms with Gasteiger partial charge in [-0.05, 0) is 31.5 Å². The molecule has 2 rings (SSSR count). The van der Waals surface area contributed by atoms with Crippen LogP contribution in [0.2, 0.25) is 0 Å². The van der Waals surface area contributed by atoms with E-state index in [2.05, 4.69) is 0 Å². The zero-order chi connectivity index (χ0) is 14.8. The van der Waals surface area contributed by atoms with Gasteiger partial charge in [-0.2, -0.15) is 0 Å². The molecule has 6 heteroatoms. The molecule has 1 aromatic carbocycles. The summed E-state index contributed by atoms with van der Waals surface area (Å²) in [5, 5.41) is -0.443. The molecule has 0 radical (unpaired) electrons. The Hall–Kier alpha value is -1.56. The number of carbonyl (C=O) groups is 1. The van der Waals surface area contributed by atoms with E-state index in [-0.39, 0.29) is 12.5 Å². The van der Waals surface area contributed by atoms with Crippen molar-refractivity contribution in [2.75, 3.05) is 26.0 Å². The van der Waals surface area contributed by atoms with E-state index in [1.807, 2.05) is 6.92 Å². The van der Waals surface area contributed by atoms with Crippen molar-refractivity contribution < 1.29 is 17.9 Å². The van der Waals surface area contributed by atoms with Gasteiger partial charge in [0.05, 0.1) is 11.9 Å². The smallest absolute Gasteiger partial charge is 0.254 e. The monoisotopic (exact) mass is 297 g/mol. The van der Waals surface area contributed by atoms with Gasteiger partial charge in [-0.3, -0.25) is 4.79 Å². The second-order valence-corrected chi connectivity index (χ2v) is 7.28. The lowest BCUT2D eigenvalue weighted by Gasteiger charge is -2.16.